The molecule has 0 saturated heterocycles. The van der Waals surface area contributed by atoms with Crippen LogP contribution in [0.1, 0.15) is 23.5 Å². The second-order valence-electron chi connectivity index (χ2n) is 4.74. The number of aromatic hydroxyl groups is 1. The van der Waals surface area contributed by atoms with Crippen molar-refractivity contribution in [1.29, 1.82) is 0 Å². The van der Waals surface area contributed by atoms with E-state index in [1.54, 1.807) is 6.07 Å². The van der Waals surface area contributed by atoms with Gasteiger partial charge in [0.2, 0.25) is 0 Å². The summed E-state index contributed by atoms with van der Waals surface area (Å²) in [5.74, 6) is 1.69. The summed E-state index contributed by atoms with van der Waals surface area (Å²) in [6.07, 6.45) is 1.94. The van der Waals surface area contributed by atoms with E-state index in [0.29, 0.717) is 11.7 Å². The molecule has 92 valence electrons. The van der Waals surface area contributed by atoms with Gasteiger partial charge in [-0.3, -0.25) is 0 Å². The van der Waals surface area contributed by atoms with Crippen LogP contribution in [0.25, 0.3) is 0 Å². The molecule has 2 heteroatoms. The molecule has 2 aromatic rings. The van der Waals surface area contributed by atoms with E-state index in [1.165, 1.54) is 5.56 Å². The predicted molar refractivity (Wildman–Crippen MR) is 71.1 cm³/mol. The van der Waals surface area contributed by atoms with Gasteiger partial charge < -0.3 is 9.84 Å². The van der Waals surface area contributed by atoms with Gasteiger partial charge in [-0.2, -0.15) is 0 Å². The number of rotatable bonds is 1. The van der Waals surface area contributed by atoms with Crippen LogP contribution in [0.2, 0.25) is 0 Å². The number of ether oxygens (including phenoxy) is 1. The second-order valence-corrected chi connectivity index (χ2v) is 4.74. The molecule has 1 aliphatic rings. The highest BCUT2D eigenvalue weighted by atomic mass is 16.5. The van der Waals surface area contributed by atoms with Gasteiger partial charge in [-0.1, -0.05) is 30.3 Å². The van der Waals surface area contributed by atoms with Gasteiger partial charge in [-0.25, -0.2) is 0 Å². The molecular weight excluding hydrogens is 224 g/mol. The summed E-state index contributed by atoms with van der Waals surface area (Å²) in [7, 11) is 0. The molecule has 0 aromatic heterocycles. The van der Waals surface area contributed by atoms with E-state index < -0.39 is 0 Å². The average molecular weight is 240 g/mol. The van der Waals surface area contributed by atoms with Crippen LogP contribution in [0.4, 0.5) is 0 Å². The average Bonchev–Trinajstić information content (AvgIpc) is 2.61. The maximum atomic E-state index is 9.58. The third-order valence-corrected chi connectivity index (χ3v) is 3.51. The Labute approximate surface area is 107 Å². The fourth-order valence-corrected chi connectivity index (χ4v) is 2.55. The minimum atomic E-state index is 0.311. The van der Waals surface area contributed by atoms with Crippen molar-refractivity contribution in [2.75, 3.05) is 6.61 Å². The quantitative estimate of drug-likeness (QED) is 0.826. The first-order valence-electron chi connectivity index (χ1n) is 6.32. The van der Waals surface area contributed by atoms with Crippen molar-refractivity contribution in [1.82, 2.24) is 0 Å². The lowest BCUT2D eigenvalue weighted by molar-refractivity contribution is 0.309. The number of phenolic OH excluding ortho intramolecular Hbond substituents is 1. The van der Waals surface area contributed by atoms with Crippen LogP contribution in [0.5, 0.6) is 11.5 Å². The maximum absolute atomic E-state index is 9.58. The Morgan fingerprint density at radius 1 is 1.06 bits per heavy atom. The lowest BCUT2D eigenvalue weighted by Crippen LogP contribution is -2.03. The minimum absolute atomic E-state index is 0.311. The summed E-state index contributed by atoms with van der Waals surface area (Å²) < 4.78 is 5.74. The molecule has 0 spiro atoms. The van der Waals surface area contributed by atoms with E-state index >= 15 is 0 Å². The third-order valence-electron chi connectivity index (χ3n) is 3.51. The molecule has 1 aliphatic heterocycles. The van der Waals surface area contributed by atoms with Gasteiger partial charge in [0.15, 0.2) is 0 Å². The van der Waals surface area contributed by atoms with E-state index in [1.807, 2.05) is 18.2 Å². The zero-order chi connectivity index (χ0) is 12.4. The Morgan fingerprint density at radius 2 is 1.89 bits per heavy atom. The Bertz CT molecular complexity index is 534. The molecule has 1 heterocycles. The van der Waals surface area contributed by atoms with Gasteiger partial charge in [0.05, 0.1) is 6.61 Å². The lowest BCUT2D eigenvalue weighted by atomic mass is 9.90. The number of benzene rings is 2. The zero-order valence-electron chi connectivity index (χ0n) is 10.2. The van der Waals surface area contributed by atoms with Gasteiger partial charge in [0.25, 0.3) is 0 Å². The normalized spacial score (nSPS) is 18.6. The van der Waals surface area contributed by atoms with E-state index in [-0.39, 0.29) is 0 Å². The first kappa shape index (κ1) is 11.1. The van der Waals surface area contributed by atoms with E-state index in [4.69, 9.17) is 4.74 Å². The Balaban J connectivity index is 1.92. The van der Waals surface area contributed by atoms with Gasteiger partial charge in [0.1, 0.15) is 11.5 Å². The smallest absolute Gasteiger partial charge is 0.122 e. The summed E-state index contributed by atoms with van der Waals surface area (Å²) in [6.45, 7) is 0.733. The molecule has 0 bridgehead atoms. The van der Waals surface area contributed by atoms with Gasteiger partial charge in [0, 0.05) is 0 Å². The Morgan fingerprint density at radius 3 is 2.72 bits per heavy atom. The monoisotopic (exact) mass is 240 g/mol. The second kappa shape index (κ2) is 4.73. The first-order valence-corrected chi connectivity index (χ1v) is 6.32. The highest BCUT2D eigenvalue weighted by Gasteiger charge is 2.19. The van der Waals surface area contributed by atoms with Crippen LogP contribution < -0.4 is 4.74 Å². The number of fused-ring (bicyclic) bond motifs is 1. The summed E-state index contributed by atoms with van der Waals surface area (Å²) in [4.78, 5) is 0. The molecule has 1 atom stereocenters. The van der Waals surface area contributed by atoms with Crippen molar-refractivity contribution in [3.05, 3.63) is 59.7 Å². The van der Waals surface area contributed by atoms with E-state index in [2.05, 4.69) is 24.3 Å². The molecular formula is C16H16O2. The number of hydrogen-bond acceptors (Lipinski definition) is 2. The molecule has 0 aliphatic carbocycles. The third kappa shape index (κ3) is 2.19. The van der Waals surface area contributed by atoms with Crippen LogP contribution in [0.3, 0.4) is 0 Å². The van der Waals surface area contributed by atoms with Crippen LogP contribution in [-0.4, -0.2) is 11.7 Å². The SMILES string of the molecule is Oc1ccc2c(c1)C[C@@H](c1ccccc1)CCO2. The van der Waals surface area contributed by atoms with Crippen molar-refractivity contribution >= 4 is 0 Å². The molecule has 1 N–H and O–H groups in total. The molecule has 18 heavy (non-hydrogen) atoms. The maximum Gasteiger partial charge on any atom is 0.122 e. The van der Waals surface area contributed by atoms with E-state index in [9.17, 15) is 5.11 Å². The summed E-state index contributed by atoms with van der Waals surface area (Å²) >= 11 is 0. The highest BCUT2D eigenvalue weighted by Crippen LogP contribution is 2.34. The highest BCUT2D eigenvalue weighted by molar-refractivity contribution is 5.41. The fraction of sp³-hybridized carbons (Fsp3) is 0.250. The van der Waals surface area contributed by atoms with Crippen molar-refractivity contribution in [3.63, 3.8) is 0 Å². The van der Waals surface area contributed by atoms with Crippen molar-refractivity contribution in [2.24, 2.45) is 0 Å². The van der Waals surface area contributed by atoms with Gasteiger partial charge in [-0.05, 0) is 48.1 Å². The van der Waals surface area contributed by atoms with Gasteiger partial charge in [-0.15, -0.1) is 0 Å². The largest absolute Gasteiger partial charge is 0.508 e. The van der Waals surface area contributed by atoms with Crippen molar-refractivity contribution < 1.29 is 9.84 Å². The summed E-state index contributed by atoms with van der Waals surface area (Å²) in [5, 5.41) is 9.58. The lowest BCUT2D eigenvalue weighted by Gasteiger charge is -2.13. The zero-order valence-corrected chi connectivity index (χ0v) is 10.2. The van der Waals surface area contributed by atoms with Crippen molar-refractivity contribution in [3.8, 4) is 11.5 Å². The standard InChI is InChI=1S/C16H16O2/c17-15-6-7-16-14(11-15)10-13(8-9-18-16)12-4-2-1-3-5-12/h1-7,11,13,17H,8-10H2/t13-/m0/s1. The number of phenols is 1. The summed E-state index contributed by atoms with van der Waals surface area (Å²) in [6, 6.07) is 15.9. The van der Waals surface area contributed by atoms with Crippen LogP contribution in [0, 0.1) is 0 Å². The Kier molecular flexibility index (Phi) is 2.93. The predicted octanol–water partition coefficient (Wildman–Crippen LogP) is 3.50. The molecule has 2 nitrogen and oxygen atoms in total. The molecule has 0 radical (unpaired) electrons. The van der Waals surface area contributed by atoms with Crippen molar-refractivity contribution in [2.45, 2.75) is 18.8 Å². The van der Waals surface area contributed by atoms with Crippen LogP contribution in [0.15, 0.2) is 48.5 Å². The topological polar surface area (TPSA) is 29.5 Å². The summed E-state index contributed by atoms with van der Waals surface area (Å²) in [5.41, 5.74) is 2.44. The van der Waals surface area contributed by atoms with E-state index in [0.717, 1.165) is 30.8 Å². The van der Waals surface area contributed by atoms with Crippen LogP contribution in [-0.2, 0) is 6.42 Å². The van der Waals surface area contributed by atoms with Crippen LogP contribution >= 0.6 is 0 Å². The molecule has 2 aromatic carbocycles. The molecule has 3 rings (SSSR count). The molecule has 0 unspecified atom stereocenters. The fourth-order valence-electron chi connectivity index (χ4n) is 2.55. The minimum Gasteiger partial charge on any atom is -0.508 e. The van der Waals surface area contributed by atoms with Gasteiger partial charge >= 0.3 is 0 Å². The Hall–Kier alpha value is -1.96. The first-order chi connectivity index (χ1) is 8.83. The molecule has 0 amide bonds. The number of hydrogen-bond donors (Lipinski definition) is 1. The molecule has 0 fully saturated rings. The molecule has 0 saturated carbocycles.